The highest BCUT2D eigenvalue weighted by atomic mass is 32.1. The van der Waals surface area contributed by atoms with Gasteiger partial charge in [-0.25, -0.2) is 13.2 Å². The second kappa shape index (κ2) is 5.33. The van der Waals surface area contributed by atoms with Gasteiger partial charge in [-0.3, -0.25) is 4.79 Å². The SMILES string of the molecule is O=C(Cc1ccc(F)c(F)c1)c1cc2ccc(F)cc2s1. The zero-order valence-electron chi connectivity index (χ0n) is 10.7. The number of benzene rings is 2. The molecule has 1 nitrogen and oxygen atoms in total. The Labute approximate surface area is 122 Å². The second-order valence-corrected chi connectivity index (χ2v) is 5.72. The predicted octanol–water partition coefficient (Wildman–Crippen LogP) is 4.74. The van der Waals surface area contributed by atoms with Crippen molar-refractivity contribution in [1.29, 1.82) is 0 Å². The highest BCUT2D eigenvalue weighted by Crippen LogP contribution is 2.27. The van der Waals surface area contributed by atoms with Gasteiger partial charge in [0, 0.05) is 11.1 Å². The number of Topliss-reactive ketones (excluding diaryl/α,β-unsaturated/α-hetero) is 1. The van der Waals surface area contributed by atoms with Crippen LogP contribution in [0.4, 0.5) is 13.2 Å². The molecule has 2 aromatic carbocycles. The van der Waals surface area contributed by atoms with Crippen LogP contribution >= 0.6 is 11.3 Å². The molecule has 0 saturated heterocycles. The molecule has 0 aliphatic heterocycles. The number of rotatable bonds is 3. The molecule has 0 spiro atoms. The summed E-state index contributed by atoms with van der Waals surface area (Å²) < 4.78 is 39.8. The Balaban J connectivity index is 1.87. The van der Waals surface area contributed by atoms with Crippen molar-refractivity contribution in [2.75, 3.05) is 0 Å². The average Bonchev–Trinajstić information content (AvgIpc) is 2.86. The van der Waals surface area contributed by atoms with Crippen molar-refractivity contribution in [2.24, 2.45) is 0 Å². The third kappa shape index (κ3) is 2.83. The van der Waals surface area contributed by atoms with Crippen LogP contribution in [0.25, 0.3) is 10.1 Å². The van der Waals surface area contributed by atoms with E-state index in [2.05, 4.69) is 0 Å². The highest BCUT2D eigenvalue weighted by molar-refractivity contribution is 7.20. The van der Waals surface area contributed by atoms with Crippen molar-refractivity contribution >= 4 is 27.2 Å². The van der Waals surface area contributed by atoms with Crippen molar-refractivity contribution < 1.29 is 18.0 Å². The molecule has 0 amide bonds. The smallest absolute Gasteiger partial charge is 0.177 e. The number of ketones is 1. The summed E-state index contributed by atoms with van der Waals surface area (Å²) in [4.78, 5) is 12.6. The highest BCUT2D eigenvalue weighted by Gasteiger charge is 2.13. The molecule has 0 bridgehead atoms. The Bertz CT molecular complexity index is 839. The van der Waals surface area contributed by atoms with Crippen molar-refractivity contribution in [1.82, 2.24) is 0 Å². The van der Waals surface area contributed by atoms with E-state index in [1.165, 1.54) is 29.5 Å². The Morgan fingerprint density at radius 3 is 2.52 bits per heavy atom. The van der Waals surface area contributed by atoms with E-state index in [9.17, 15) is 18.0 Å². The lowest BCUT2D eigenvalue weighted by Gasteiger charge is -2.00. The van der Waals surface area contributed by atoms with Gasteiger partial charge >= 0.3 is 0 Å². The first-order valence-corrected chi connectivity index (χ1v) is 7.01. The molecule has 0 atom stereocenters. The van der Waals surface area contributed by atoms with Crippen molar-refractivity contribution in [3.63, 3.8) is 0 Å². The van der Waals surface area contributed by atoms with Gasteiger partial charge in [-0.05, 0) is 41.3 Å². The summed E-state index contributed by atoms with van der Waals surface area (Å²) in [6.45, 7) is 0. The summed E-state index contributed by atoms with van der Waals surface area (Å²) in [5.74, 6) is -2.48. The monoisotopic (exact) mass is 306 g/mol. The first-order valence-electron chi connectivity index (χ1n) is 6.19. The fraction of sp³-hybridized carbons (Fsp3) is 0.0625. The maximum Gasteiger partial charge on any atom is 0.177 e. The molecule has 1 heterocycles. The number of hydrogen-bond donors (Lipinski definition) is 0. The molecule has 0 aliphatic rings. The van der Waals surface area contributed by atoms with Crippen molar-refractivity contribution in [3.05, 3.63) is 70.4 Å². The third-order valence-electron chi connectivity index (χ3n) is 3.11. The van der Waals surface area contributed by atoms with Gasteiger partial charge in [0.05, 0.1) is 4.88 Å². The number of thiophene rings is 1. The largest absolute Gasteiger partial charge is 0.293 e. The lowest BCUT2D eigenvalue weighted by molar-refractivity contribution is 0.0997. The topological polar surface area (TPSA) is 17.1 Å². The van der Waals surface area contributed by atoms with Crippen LogP contribution in [0.2, 0.25) is 0 Å². The van der Waals surface area contributed by atoms with E-state index in [1.807, 2.05) is 0 Å². The van der Waals surface area contributed by atoms with Crippen LogP contribution in [0.3, 0.4) is 0 Å². The summed E-state index contributed by atoms with van der Waals surface area (Å²) in [5.41, 5.74) is 0.405. The lowest BCUT2D eigenvalue weighted by atomic mass is 10.1. The fourth-order valence-electron chi connectivity index (χ4n) is 2.06. The third-order valence-corrected chi connectivity index (χ3v) is 4.24. The fourth-order valence-corrected chi connectivity index (χ4v) is 3.09. The quantitative estimate of drug-likeness (QED) is 0.639. The van der Waals surface area contributed by atoms with Gasteiger partial charge in [-0.1, -0.05) is 12.1 Å². The van der Waals surface area contributed by atoms with Gasteiger partial charge in [-0.15, -0.1) is 11.3 Å². The minimum Gasteiger partial charge on any atom is -0.293 e. The van der Waals surface area contributed by atoms with E-state index >= 15 is 0 Å². The number of halogens is 3. The van der Waals surface area contributed by atoms with Gasteiger partial charge in [0.1, 0.15) is 5.82 Å². The molecular formula is C16H9F3OS. The van der Waals surface area contributed by atoms with E-state index in [4.69, 9.17) is 0 Å². The van der Waals surface area contributed by atoms with Gasteiger partial charge in [-0.2, -0.15) is 0 Å². The Kier molecular flexibility index (Phi) is 3.51. The maximum atomic E-state index is 13.1. The summed E-state index contributed by atoms with van der Waals surface area (Å²) in [6.07, 6.45) is -0.0213. The molecule has 3 rings (SSSR count). The molecule has 0 radical (unpaired) electrons. The summed E-state index contributed by atoms with van der Waals surface area (Å²) >= 11 is 1.19. The summed E-state index contributed by atoms with van der Waals surface area (Å²) in [5, 5.41) is 0.787. The van der Waals surface area contributed by atoms with Crippen LogP contribution in [0.5, 0.6) is 0 Å². The van der Waals surface area contributed by atoms with Crippen LogP contribution in [0, 0.1) is 17.5 Å². The minimum atomic E-state index is -0.973. The molecule has 21 heavy (non-hydrogen) atoms. The van der Waals surface area contributed by atoms with Gasteiger partial charge in [0.15, 0.2) is 17.4 Å². The molecular weight excluding hydrogens is 297 g/mol. The Morgan fingerprint density at radius 2 is 1.76 bits per heavy atom. The molecule has 0 unspecified atom stereocenters. The number of hydrogen-bond acceptors (Lipinski definition) is 2. The summed E-state index contributed by atoms with van der Waals surface area (Å²) in [7, 11) is 0. The van der Waals surface area contributed by atoms with Crippen molar-refractivity contribution in [2.45, 2.75) is 6.42 Å². The average molecular weight is 306 g/mol. The number of carbonyl (C=O) groups excluding carboxylic acids is 1. The van der Waals surface area contributed by atoms with E-state index in [0.717, 1.165) is 17.5 Å². The van der Waals surface area contributed by atoms with Crippen molar-refractivity contribution in [3.8, 4) is 0 Å². The van der Waals surface area contributed by atoms with E-state index in [-0.39, 0.29) is 18.0 Å². The minimum absolute atomic E-state index is 0.0213. The Hall–Kier alpha value is -2.14. The molecule has 0 saturated carbocycles. The van der Waals surface area contributed by atoms with Gasteiger partial charge in [0.25, 0.3) is 0 Å². The van der Waals surface area contributed by atoms with Gasteiger partial charge in [0.2, 0.25) is 0 Å². The number of carbonyl (C=O) groups is 1. The lowest BCUT2D eigenvalue weighted by Crippen LogP contribution is -2.02. The zero-order valence-corrected chi connectivity index (χ0v) is 11.5. The first-order chi connectivity index (χ1) is 10.0. The van der Waals surface area contributed by atoms with Crippen LogP contribution < -0.4 is 0 Å². The molecule has 0 aliphatic carbocycles. The van der Waals surface area contributed by atoms with E-state index in [0.29, 0.717) is 15.1 Å². The molecule has 1 aromatic heterocycles. The molecule has 5 heteroatoms. The molecule has 0 fully saturated rings. The standard InChI is InChI=1S/C16H9F3OS/c17-11-3-2-10-7-16(21-15(10)8-11)14(20)6-9-1-4-12(18)13(19)5-9/h1-5,7-8H,6H2. The van der Waals surface area contributed by atoms with Crippen LogP contribution in [-0.4, -0.2) is 5.78 Å². The Morgan fingerprint density at radius 1 is 0.952 bits per heavy atom. The van der Waals surface area contributed by atoms with E-state index in [1.54, 1.807) is 12.1 Å². The zero-order chi connectivity index (χ0) is 15.0. The number of fused-ring (bicyclic) bond motifs is 1. The molecule has 106 valence electrons. The van der Waals surface area contributed by atoms with Crippen LogP contribution in [0.15, 0.2) is 42.5 Å². The normalized spacial score (nSPS) is 11.0. The van der Waals surface area contributed by atoms with E-state index < -0.39 is 11.6 Å². The van der Waals surface area contributed by atoms with Gasteiger partial charge < -0.3 is 0 Å². The van der Waals surface area contributed by atoms with Crippen LogP contribution in [-0.2, 0) is 6.42 Å². The predicted molar refractivity (Wildman–Crippen MR) is 76.2 cm³/mol. The van der Waals surface area contributed by atoms with Crippen LogP contribution in [0.1, 0.15) is 15.2 Å². The molecule has 3 aromatic rings. The first kappa shape index (κ1) is 13.8. The maximum absolute atomic E-state index is 13.1. The molecule has 0 N–H and O–H groups in total. The summed E-state index contributed by atoms with van der Waals surface area (Å²) in [6, 6.07) is 9.38. The second-order valence-electron chi connectivity index (χ2n) is 4.64.